The summed E-state index contributed by atoms with van der Waals surface area (Å²) in [4.78, 5) is 33.6. The van der Waals surface area contributed by atoms with Crippen LogP contribution in [0.1, 0.15) is 27.4 Å². The zero-order valence-corrected chi connectivity index (χ0v) is 23.4. The predicted molar refractivity (Wildman–Crippen MR) is 153 cm³/mol. The molecule has 0 radical (unpaired) electrons. The van der Waals surface area contributed by atoms with E-state index in [-0.39, 0.29) is 17.7 Å². The number of hydrogen-bond donors (Lipinski definition) is 0. The Morgan fingerprint density at radius 3 is 2.23 bits per heavy atom. The van der Waals surface area contributed by atoms with Crippen LogP contribution in [-0.2, 0) is 4.79 Å². The number of likely N-dealkylation sites (tertiary alicyclic amines) is 1. The first-order valence-corrected chi connectivity index (χ1v) is 13.6. The number of carbonyl (C=O) groups excluding carboxylic acids is 2. The second-order valence-corrected chi connectivity index (χ2v) is 10.6. The third-order valence-electron chi connectivity index (χ3n) is 7.90. The molecule has 0 N–H and O–H groups in total. The Balaban J connectivity index is 1.40. The highest BCUT2D eigenvalue weighted by Crippen LogP contribution is 2.41. The molecule has 0 saturated carbocycles. The number of amides is 2. The van der Waals surface area contributed by atoms with Crippen LogP contribution in [0.2, 0.25) is 5.02 Å². The van der Waals surface area contributed by atoms with Crippen LogP contribution in [0, 0.1) is 12.8 Å². The van der Waals surface area contributed by atoms with Gasteiger partial charge in [0.1, 0.15) is 11.5 Å². The van der Waals surface area contributed by atoms with Crippen molar-refractivity contribution >= 4 is 29.1 Å². The van der Waals surface area contributed by atoms with E-state index in [2.05, 4.69) is 30.0 Å². The van der Waals surface area contributed by atoms with E-state index >= 15 is 0 Å². The fraction of sp³-hybridized carbons (Fsp3) is 0.355. The largest absolute Gasteiger partial charge is 0.497 e. The van der Waals surface area contributed by atoms with E-state index in [1.807, 2.05) is 29.2 Å². The van der Waals surface area contributed by atoms with Crippen molar-refractivity contribution < 1.29 is 19.1 Å². The third-order valence-corrected chi connectivity index (χ3v) is 8.15. The average Bonchev–Trinajstić information content (AvgIpc) is 3.42. The van der Waals surface area contributed by atoms with E-state index in [1.54, 1.807) is 43.4 Å². The van der Waals surface area contributed by atoms with Crippen molar-refractivity contribution in [1.29, 1.82) is 0 Å². The van der Waals surface area contributed by atoms with Crippen molar-refractivity contribution in [3.8, 4) is 11.5 Å². The van der Waals surface area contributed by atoms with E-state index in [9.17, 15) is 9.59 Å². The minimum atomic E-state index is -0.396. The molecule has 39 heavy (non-hydrogen) atoms. The number of ether oxygens (including phenoxy) is 2. The molecule has 0 bridgehead atoms. The van der Waals surface area contributed by atoms with Crippen LogP contribution in [0.4, 0.5) is 5.69 Å². The lowest BCUT2D eigenvalue weighted by molar-refractivity contribution is -0.135. The number of anilines is 1. The summed E-state index contributed by atoms with van der Waals surface area (Å²) < 4.78 is 11.2. The van der Waals surface area contributed by atoms with Gasteiger partial charge in [-0.25, -0.2) is 0 Å². The Kier molecular flexibility index (Phi) is 7.98. The number of methoxy groups -OCH3 is 2. The number of para-hydroxylation sites is 1. The SMILES string of the molecule is COc1ccc(OC)c([C@@H]2CN(C(=O)c3ccc(Cl)cc3)C[C@H]2C(=O)N2CCN(c3ccccc3C)CC2)c1. The van der Waals surface area contributed by atoms with E-state index < -0.39 is 5.92 Å². The maximum absolute atomic E-state index is 14.1. The predicted octanol–water partition coefficient (Wildman–Crippen LogP) is 4.87. The van der Waals surface area contributed by atoms with E-state index in [1.165, 1.54) is 11.3 Å². The Morgan fingerprint density at radius 2 is 1.56 bits per heavy atom. The van der Waals surface area contributed by atoms with Gasteiger partial charge in [-0.2, -0.15) is 0 Å². The molecule has 2 fully saturated rings. The standard InChI is InChI=1S/C31H34ClN3O4/c1-21-6-4-5-7-28(21)33-14-16-34(17-15-33)31(37)27-20-35(30(36)22-8-10-23(32)11-9-22)19-26(27)25-18-24(38-2)12-13-29(25)39-3/h4-13,18,26-27H,14-17,19-20H2,1-3H3/t26-,27+/m0/s1. The first-order chi connectivity index (χ1) is 18.9. The fourth-order valence-corrected chi connectivity index (χ4v) is 5.89. The molecule has 2 aliphatic rings. The van der Waals surface area contributed by atoms with Gasteiger partial charge in [0.25, 0.3) is 5.91 Å². The van der Waals surface area contributed by atoms with Crippen LogP contribution in [0.25, 0.3) is 0 Å². The second-order valence-electron chi connectivity index (χ2n) is 10.1. The van der Waals surface area contributed by atoms with E-state index in [0.29, 0.717) is 48.3 Å². The normalized spacial score (nSPS) is 19.2. The summed E-state index contributed by atoms with van der Waals surface area (Å²) in [5, 5.41) is 0.574. The average molecular weight is 548 g/mol. The first kappa shape index (κ1) is 26.9. The molecular formula is C31H34ClN3O4. The molecule has 204 valence electrons. The number of halogens is 1. The van der Waals surface area contributed by atoms with Gasteiger partial charge in [0.05, 0.1) is 20.1 Å². The summed E-state index contributed by atoms with van der Waals surface area (Å²) in [5.41, 5.74) is 3.87. The Bertz CT molecular complexity index is 1340. The van der Waals surface area contributed by atoms with Crippen LogP contribution < -0.4 is 14.4 Å². The number of nitrogens with zero attached hydrogens (tertiary/aromatic N) is 3. The highest BCUT2D eigenvalue weighted by Gasteiger charge is 2.44. The van der Waals surface area contributed by atoms with Crippen molar-refractivity contribution in [2.45, 2.75) is 12.8 Å². The molecule has 0 aliphatic carbocycles. The summed E-state index contributed by atoms with van der Waals surface area (Å²) in [6.45, 7) is 5.67. The molecule has 3 aromatic rings. The molecule has 3 aromatic carbocycles. The van der Waals surface area contributed by atoms with Crippen LogP contribution in [-0.4, -0.2) is 75.1 Å². The second kappa shape index (κ2) is 11.6. The van der Waals surface area contributed by atoms with Crippen LogP contribution in [0.5, 0.6) is 11.5 Å². The zero-order chi connectivity index (χ0) is 27.5. The molecule has 0 unspecified atom stereocenters. The summed E-state index contributed by atoms with van der Waals surface area (Å²) in [5.74, 6) is 0.703. The van der Waals surface area contributed by atoms with Gasteiger partial charge in [0.2, 0.25) is 5.91 Å². The minimum Gasteiger partial charge on any atom is -0.497 e. The molecular weight excluding hydrogens is 514 g/mol. The maximum Gasteiger partial charge on any atom is 0.253 e. The Morgan fingerprint density at radius 1 is 0.846 bits per heavy atom. The Hall–Kier alpha value is -3.71. The van der Waals surface area contributed by atoms with Crippen molar-refractivity contribution in [1.82, 2.24) is 9.80 Å². The summed E-state index contributed by atoms with van der Waals surface area (Å²) in [6.07, 6.45) is 0. The summed E-state index contributed by atoms with van der Waals surface area (Å²) >= 11 is 6.05. The lowest BCUT2D eigenvalue weighted by Gasteiger charge is -2.38. The summed E-state index contributed by atoms with van der Waals surface area (Å²) in [6, 6.07) is 20.9. The van der Waals surface area contributed by atoms with Gasteiger partial charge in [-0.15, -0.1) is 0 Å². The summed E-state index contributed by atoms with van der Waals surface area (Å²) in [7, 11) is 3.24. The van der Waals surface area contributed by atoms with Gasteiger partial charge in [0.15, 0.2) is 0 Å². The van der Waals surface area contributed by atoms with Gasteiger partial charge >= 0.3 is 0 Å². The number of piperazine rings is 1. The van der Waals surface area contributed by atoms with Crippen LogP contribution >= 0.6 is 11.6 Å². The number of hydrogen-bond acceptors (Lipinski definition) is 5. The van der Waals surface area contributed by atoms with E-state index in [0.717, 1.165) is 18.7 Å². The first-order valence-electron chi connectivity index (χ1n) is 13.3. The van der Waals surface area contributed by atoms with Gasteiger partial charge in [-0.3, -0.25) is 9.59 Å². The lowest BCUT2D eigenvalue weighted by atomic mass is 9.87. The topological polar surface area (TPSA) is 62.3 Å². The highest BCUT2D eigenvalue weighted by atomic mass is 35.5. The van der Waals surface area contributed by atoms with Crippen LogP contribution in [0.15, 0.2) is 66.7 Å². The molecule has 7 nitrogen and oxygen atoms in total. The quantitative estimate of drug-likeness (QED) is 0.440. The molecule has 2 atom stereocenters. The number of aryl methyl sites for hydroxylation is 1. The highest BCUT2D eigenvalue weighted by molar-refractivity contribution is 6.30. The fourth-order valence-electron chi connectivity index (χ4n) is 5.76. The smallest absolute Gasteiger partial charge is 0.253 e. The van der Waals surface area contributed by atoms with Crippen molar-refractivity contribution in [2.24, 2.45) is 5.92 Å². The maximum atomic E-state index is 14.1. The van der Waals surface area contributed by atoms with Gasteiger partial charge < -0.3 is 24.2 Å². The number of carbonyl (C=O) groups is 2. The van der Waals surface area contributed by atoms with Crippen molar-refractivity contribution in [3.05, 3.63) is 88.4 Å². The molecule has 5 rings (SSSR count). The van der Waals surface area contributed by atoms with Gasteiger partial charge in [-0.1, -0.05) is 29.8 Å². The number of rotatable bonds is 6. The molecule has 2 amide bonds. The van der Waals surface area contributed by atoms with Gasteiger partial charge in [0, 0.05) is 67.0 Å². The molecule has 2 heterocycles. The number of benzene rings is 3. The van der Waals surface area contributed by atoms with E-state index in [4.69, 9.17) is 21.1 Å². The zero-order valence-electron chi connectivity index (χ0n) is 22.6. The molecule has 0 spiro atoms. The lowest BCUT2D eigenvalue weighted by Crippen LogP contribution is -2.51. The Labute approximate surface area is 234 Å². The van der Waals surface area contributed by atoms with Gasteiger partial charge in [-0.05, 0) is 61.0 Å². The third kappa shape index (κ3) is 5.55. The van der Waals surface area contributed by atoms with Crippen molar-refractivity contribution in [3.63, 3.8) is 0 Å². The van der Waals surface area contributed by atoms with Crippen molar-refractivity contribution in [2.75, 3.05) is 58.4 Å². The van der Waals surface area contributed by atoms with Crippen LogP contribution in [0.3, 0.4) is 0 Å². The minimum absolute atomic E-state index is 0.0701. The molecule has 0 aromatic heterocycles. The molecule has 8 heteroatoms. The molecule has 2 aliphatic heterocycles. The monoisotopic (exact) mass is 547 g/mol. The molecule has 2 saturated heterocycles.